The van der Waals surface area contributed by atoms with Gasteiger partial charge in [0.05, 0.1) is 6.61 Å². The number of ether oxygens (including phenoxy) is 1. The molecule has 1 aliphatic rings. The lowest BCUT2D eigenvalue weighted by molar-refractivity contribution is 0.357. The molecule has 2 aromatic rings. The molecule has 16 heavy (non-hydrogen) atoms. The summed E-state index contributed by atoms with van der Waals surface area (Å²) in [5.41, 5.74) is 8.73. The molecule has 2 heterocycles. The summed E-state index contributed by atoms with van der Waals surface area (Å²) in [6, 6.07) is 6.00. The first-order valence-corrected chi connectivity index (χ1v) is 5.17. The number of nitrogens with zero attached hydrogens (tertiary/aromatic N) is 2. The third-order valence-electron chi connectivity index (χ3n) is 2.69. The first-order chi connectivity index (χ1) is 7.84. The minimum Gasteiger partial charge on any atom is -0.493 e. The number of fused-ring (bicyclic) bond motifs is 1. The Kier molecular flexibility index (Phi) is 1.99. The monoisotopic (exact) mass is 213 g/mol. The largest absolute Gasteiger partial charge is 0.493 e. The number of anilines is 1. The van der Waals surface area contributed by atoms with E-state index in [0.717, 1.165) is 30.0 Å². The number of hydrogen-bond acceptors (Lipinski definition) is 4. The van der Waals surface area contributed by atoms with Crippen LogP contribution in [0, 0.1) is 0 Å². The third-order valence-corrected chi connectivity index (χ3v) is 2.69. The van der Waals surface area contributed by atoms with E-state index in [4.69, 9.17) is 10.5 Å². The van der Waals surface area contributed by atoms with Crippen molar-refractivity contribution in [3.8, 4) is 17.0 Å². The van der Waals surface area contributed by atoms with Gasteiger partial charge in [0, 0.05) is 24.4 Å². The van der Waals surface area contributed by atoms with Gasteiger partial charge in [0.15, 0.2) is 0 Å². The molecule has 0 unspecified atom stereocenters. The van der Waals surface area contributed by atoms with Crippen molar-refractivity contribution in [2.75, 3.05) is 12.3 Å². The fraction of sp³-hybridized carbons (Fsp3) is 0.167. The number of rotatable bonds is 1. The first kappa shape index (κ1) is 9.15. The van der Waals surface area contributed by atoms with Crippen LogP contribution in [0.15, 0.2) is 30.6 Å². The third kappa shape index (κ3) is 1.39. The summed E-state index contributed by atoms with van der Waals surface area (Å²) in [5.74, 6) is 1.42. The highest BCUT2D eigenvalue weighted by atomic mass is 16.5. The summed E-state index contributed by atoms with van der Waals surface area (Å²) in [6.45, 7) is 0.759. The molecule has 0 atom stereocenters. The smallest absolute Gasteiger partial charge is 0.149 e. The van der Waals surface area contributed by atoms with Gasteiger partial charge in [-0.25, -0.2) is 4.98 Å². The Morgan fingerprint density at radius 3 is 2.94 bits per heavy atom. The van der Waals surface area contributed by atoms with Gasteiger partial charge < -0.3 is 10.5 Å². The fourth-order valence-electron chi connectivity index (χ4n) is 1.91. The van der Waals surface area contributed by atoms with Gasteiger partial charge in [-0.15, -0.1) is 0 Å². The molecule has 3 rings (SSSR count). The van der Waals surface area contributed by atoms with Gasteiger partial charge in [-0.1, -0.05) is 0 Å². The van der Waals surface area contributed by atoms with Crippen molar-refractivity contribution >= 4 is 5.82 Å². The van der Waals surface area contributed by atoms with E-state index >= 15 is 0 Å². The van der Waals surface area contributed by atoms with Crippen LogP contribution in [0.4, 0.5) is 5.82 Å². The Morgan fingerprint density at radius 2 is 2.06 bits per heavy atom. The Balaban J connectivity index is 2.11. The average molecular weight is 213 g/mol. The summed E-state index contributed by atoms with van der Waals surface area (Å²) in [6.07, 6.45) is 4.19. The molecule has 0 fully saturated rings. The summed E-state index contributed by atoms with van der Waals surface area (Å²) in [7, 11) is 0. The minimum atomic E-state index is 0.460. The van der Waals surface area contributed by atoms with Crippen LogP contribution in [0.25, 0.3) is 11.3 Å². The van der Waals surface area contributed by atoms with Crippen LogP contribution in [-0.2, 0) is 6.42 Å². The molecule has 0 aliphatic carbocycles. The molecule has 0 saturated heterocycles. The van der Waals surface area contributed by atoms with E-state index in [1.54, 1.807) is 12.4 Å². The quantitative estimate of drug-likeness (QED) is 0.782. The topological polar surface area (TPSA) is 61.0 Å². The van der Waals surface area contributed by atoms with E-state index < -0.39 is 0 Å². The van der Waals surface area contributed by atoms with Crippen LogP contribution in [0.3, 0.4) is 0 Å². The number of hydrogen-bond donors (Lipinski definition) is 1. The zero-order chi connectivity index (χ0) is 11.0. The normalized spacial score (nSPS) is 13.2. The molecule has 0 amide bonds. The maximum absolute atomic E-state index is 5.79. The van der Waals surface area contributed by atoms with E-state index in [1.807, 2.05) is 12.1 Å². The molecule has 80 valence electrons. The van der Waals surface area contributed by atoms with Crippen LogP contribution in [0.5, 0.6) is 5.75 Å². The number of nitrogen functional groups attached to an aromatic ring is 1. The van der Waals surface area contributed by atoms with Crippen molar-refractivity contribution < 1.29 is 4.74 Å². The molecule has 1 aliphatic heterocycles. The van der Waals surface area contributed by atoms with E-state index in [1.165, 1.54) is 5.56 Å². The fourth-order valence-corrected chi connectivity index (χ4v) is 1.91. The van der Waals surface area contributed by atoms with Crippen molar-refractivity contribution in [2.24, 2.45) is 0 Å². The van der Waals surface area contributed by atoms with E-state index in [2.05, 4.69) is 16.0 Å². The molecule has 0 saturated carbocycles. The van der Waals surface area contributed by atoms with Gasteiger partial charge in [-0.2, -0.15) is 0 Å². The second kappa shape index (κ2) is 3.48. The summed E-state index contributed by atoms with van der Waals surface area (Å²) in [5, 5.41) is 0. The van der Waals surface area contributed by atoms with Crippen molar-refractivity contribution in [1.29, 1.82) is 0 Å². The summed E-state index contributed by atoms with van der Waals surface area (Å²) < 4.78 is 5.45. The zero-order valence-corrected chi connectivity index (χ0v) is 8.68. The lowest BCUT2D eigenvalue weighted by atomic mass is 10.1. The van der Waals surface area contributed by atoms with Gasteiger partial charge in [0.2, 0.25) is 0 Å². The average Bonchev–Trinajstić information content (AvgIpc) is 2.76. The van der Waals surface area contributed by atoms with Gasteiger partial charge in [0.25, 0.3) is 0 Å². The molecule has 2 N–H and O–H groups in total. The van der Waals surface area contributed by atoms with E-state index in [-0.39, 0.29) is 0 Å². The first-order valence-electron chi connectivity index (χ1n) is 5.17. The Morgan fingerprint density at radius 1 is 1.19 bits per heavy atom. The van der Waals surface area contributed by atoms with Crippen LogP contribution < -0.4 is 10.5 Å². The van der Waals surface area contributed by atoms with Crippen molar-refractivity contribution in [2.45, 2.75) is 6.42 Å². The molecule has 1 aromatic heterocycles. The molecule has 1 aromatic carbocycles. The highest BCUT2D eigenvalue weighted by Gasteiger charge is 2.14. The van der Waals surface area contributed by atoms with E-state index in [9.17, 15) is 0 Å². The zero-order valence-electron chi connectivity index (χ0n) is 8.68. The summed E-state index contributed by atoms with van der Waals surface area (Å²) in [4.78, 5) is 8.28. The predicted molar refractivity (Wildman–Crippen MR) is 61.1 cm³/mol. The molecular weight excluding hydrogens is 202 g/mol. The number of nitrogens with two attached hydrogens (primary N) is 1. The van der Waals surface area contributed by atoms with Crippen LogP contribution in [-0.4, -0.2) is 16.6 Å². The Bertz CT molecular complexity index is 540. The van der Waals surface area contributed by atoms with Crippen molar-refractivity contribution in [3.05, 3.63) is 36.2 Å². The predicted octanol–water partition coefficient (Wildman–Crippen LogP) is 1.66. The van der Waals surface area contributed by atoms with Crippen molar-refractivity contribution in [3.63, 3.8) is 0 Å². The second-order valence-electron chi connectivity index (χ2n) is 3.71. The van der Waals surface area contributed by atoms with Gasteiger partial charge in [-0.3, -0.25) is 4.98 Å². The van der Waals surface area contributed by atoms with Crippen molar-refractivity contribution in [1.82, 2.24) is 9.97 Å². The highest BCUT2D eigenvalue weighted by Crippen LogP contribution is 2.30. The molecule has 0 bridgehead atoms. The molecule has 4 nitrogen and oxygen atoms in total. The van der Waals surface area contributed by atoms with E-state index in [0.29, 0.717) is 5.82 Å². The lowest BCUT2D eigenvalue weighted by Crippen LogP contribution is -1.96. The molecule has 0 spiro atoms. The molecule has 4 heteroatoms. The number of aromatic nitrogens is 2. The maximum Gasteiger partial charge on any atom is 0.149 e. The Hall–Kier alpha value is -2.10. The molecular formula is C12H11N3O. The SMILES string of the molecule is Nc1nccnc1-c1ccc2c(c1)CCO2. The highest BCUT2D eigenvalue weighted by molar-refractivity contribution is 5.71. The summed E-state index contributed by atoms with van der Waals surface area (Å²) >= 11 is 0. The van der Waals surface area contributed by atoms with Crippen LogP contribution in [0.1, 0.15) is 5.56 Å². The standard InChI is InChI=1S/C12H11N3O/c13-12-11(14-4-5-15-12)9-1-2-10-8(7-9)3-6-16-10/h1-2,4-5,7H,3,6H2,(H2,13,15). The minimum absolute atomic E-state index is 0.460. The number of benzene rings is 1. The lowest BCUT2D eigenvalue weighted by Gasteiger charge is -2.05. The van der Waals surface area contributed by atoms with Crippen LogP contribution in [0.2, 0.25) is 0 Å². The van der Waals surface area contributed by atoms with Gasteiger partial charge in [-0.05, 0) is 23.8 Å². The van der Waals surface area contributed by atoms with Gasteiger partial charge in [0.1, 0.15) is 17.3 Å². The maximum atomic E-state index is 5.79. The van der Waals surface area contributed by atoms with Crippen LogP contribution >= 0.6 is 0 Å². The van der Waals surface area contributed by atoms with Gasteiger partial charge >= 0.3 is 0 Å². The molecule has 0 radical (unpaired) electrons. The second-order valence-corrected chi connectivity index (χ2v) is 3.71. The Labute approximate surface area is 93.1 Å².